The van der Waals surface area contributed by atoms with Gasteiger partial charge >= 0.3 is 5.97 Å². The maximum atomic E-state index is 15.2. The molecule has 2 aliphatic heterocycles. The summed E-state index contributed by atoms with van der Waals surface area (Å²) in [6, 6.07) is 3.56. The molecular weight excluding hydrogens is 409 g/mol. The maximum absolute atomic E-state index is 15.2. The molecule has 32 heavy (non-hydrogen) atoms. The van der Waals surface area contributed by atoms with Crippen molar-refractivity contribution < 1.29 is 23.8 Å². The molecule has 0 fully saturated rings. The highest BCUT2D eigenvalue weighted by molar-refractivity contribution is 5.88. The van der Waals surface area contributed by atoms with Gasteiger partial charge in [0, 0.05) is 30.4 Å². The Morgan fingerprint density at radius 2 is 1.94 bits per heavy atom. The average molecular weight is 442 g/mol. The number of likely N-dealkylation sites (N-methyl/N-ethyl adjacent to an activating group) is 1. The fourth-order valence-electron chi connectivity index (χ4n) is 5.00. The lowest BCUT2D eigenvalue weighted by molar-refractivity contribution is -0.160. The molecule has 2 heterocycles. The zero-order chi connectivity index (χ0) is 23.4. The van der Waals surface area contributed by atoms with E-state index in [2.05, 4.69) is 4.90 Å². The number of hydrogen-bond acceptors (Lipinski definition) is 4. The van der Waals surface area contributed by atoms with Gasteiger partial charge in [-0.05, 0) is 93.8 Å². The number of aliphatic carboxylic acids is 1. The van der Waals surface area contributed by atoms with Crippen LogP contribution in [0.4, 0.5) is 10.1 Å². The van der Waals surface area contributed by atoms with Gasteiger partial charge in [-0.3, -0.25) is 0 Å². The van der Waals surface area contributed by atoms with Crippen LogP contribution in [0.15, 0.2) is 12.1 Å². The first kappa shape index (κ1) is 22.6. The highest BCUT2D eigenvalue weighted by atomic mass is 19.1. The molecule has 0 saturated heterocycles. The number of ether oxygens (including phenoxy) is 2. The molecule has 0 bridgehead atoms. The molecule has 0 radical (unpaired) electrons. The van der Waals surface area contributed by atoms with Gasteiger partial charge in [0.15, 0.2) is 17.7 Å². The highest BCUT2D eigenvalue weighted by Crippen LogP contribution is 2.47. The summed E-state index contributed by atoms with van der Waals surface area (Å²) in [4.78, 5) is 14.6. The zero-order valence-electron chi connectivity index (χ0n) is 19.8. The molecule has 1 atom stereocenters. The van der Waals surface area contributed by atoms with E-state index >= 15 is 4.39 Å². The number of fused-ring (bicyclic) bond motifs is 2. The Balaban J connectivity index is 2.05. The van der Waals surface area contributed by atoms with E-state index in [1.165, 1.54) is 6.07 Å². The van der Waals surface area contributed by atoms with Crippen LogP contribution >= 0.6 is 0 Å². The van der Waals surface area contributed by atoms with Gasteiger partial charge < -0.3 is 19.5 Å². The van der Waals surface area contributed by atoms with Gasteiger partial charge in [0.2, 0.25) is 0 Å². The summed E-state index contributed by atoms with van der Waals surface area (Å²) in [5.41, 5.74) is 6.26. The molecule has 0 spiro atoms. The fourth-order valence-corrected chi connectivity index (χ4v) is 5.00. The smallest absolute Gasteiger partial charge is 0.337 e. The molecule has 1 N–H and O–H groups in total. The van der Waals surface area contributed by atoms with Gasteiger partial charge in [-0.2, -0.15) is 0 Å². The quantitative estimate of drug-likeness (QED) is 0.691. The highest BCUT2D eigenvalue weighted by Gasteiger charge is 2.35. The van der Waals surface area contributed by atoms with E-state index in [1.54, 1.807) is 0 Å². The van der Waals surface area contributed by atoms with E-state index in [0.717, 1.165) is 64.9 Å². The molecule has 0 aromatic heterocycles. The van der Waals surface area contributed by atoms with Crippen molar-refractivity contribution in [2.75, 3.05) is 25.1 Å². The van der Waals surface area contributed by atoms with E-state index < -0.39 is 23.5 Å². The summed E-state index contributed by atoms with van der Waals surface area (Å²) in [6.07, 6.45) is 1.19. The van der Waals surface area contributed by atoms with Gasteiger partial charge in [0.25, 0.3) is 0 Å². The number of aryl methyl sites for hydroxylation is 1. The number of anilines is 1. The van der Waals surface area contributed by atoms with Crippen LogP contribution in [-0.2, 0) is 22.4 Å². The molecule has 2 aromatic carbocycles. The number of nitrogens with zero attached hydrogens (tertiary/aromatic N) is 1. The summed E-state index contributed by atoms with van der Waals surface area (Å²) < 4.78 is 26.9. The number of halogens is 1. The van der Waals surface area contributed by atoms with E-state index in [4.69, 9.17) is 9.47 Å². The second-order valence-corrected chi connectivity index (χ2v) is 9.89. The third-order valence-corrected chi connectivity index (χ3v) is 6.43. The number of carboxylic acids is 1. The lowest BCUT2D eigenvalue weighted by atomic mass is 9.83. The number of hydrogen-bond donors (Lipinski definition) is 1. The van der Waals surface area contributed by atoms with Gasteiger partial charge in [-0.1, -0.05) is 0 Å². The Bertz CT molecular complexity index is 1090. The zero-order valence-corrected chi connectivity index (χ0v) is 19.8. The number of benzene rings is 2. The minimum Gasteiger partial charge on any atom is -0.490 e. The second kappa shape index (κ2) is 8.07. The van der Waals surface area contributed by atoms with Crippen molar-refractivity contribution in [2.24, 2.45) is 0 Å². The van der Waals surface area contributed by atoms with Crippen molar-refractivity contribution in [2.45, 2.75) is 65.6 Å². The molecule has 0 amide bonds. The Kier molecular flexibility index (Phi) is 5.70. The largest absolute Gasteiger partial charge is 0.490 e. The number of rotatable bonds is 4. The van der Waals surface area contributed by atoms with E-state index in [1.807, 2.05) is 47.7 Å². The molecule has 6 heteroatoms. The van der Waals surface area contributed by atoms with Crippen LogP contribution in [0.5, 0.6) is 5.75 Å². The Morgan fingerprint density at radius 3 is 2.59 bits per heavy atom. The maximum Gasteiger partial charge on any atom is 0.337 e. The van der Waals surface area contributed by atoms with Crippen molar-refractivity contribution in [1.82, 2.24) is 0 Å². The average Bonchev–Trinajstić information content (AvgIpc) is 3.08. The normalized spacial score (nSPS) is 16.4. The first-order valence-corrected chi connectivity index (χ1v) is 11.2. The van der Waals surface area contributed by atoms with Gasteiger partial charge in [0.05, 0.1) is 12.2 Å². The lowest BCUT2D eigenvalue weighted by Crippen LogP contribution is -2.28. The molecular formula is C26H32FNO4. The minimum absolute atomic E-state index is 0.334. The minimum atomic E-state index is -1.16. The lowest BCUT2D eigenvalue weighted by Gasteiger charge is -2.30. The second-order valence-electron chi connectivity index (χ2n) is 9.89. The molecule has 2 aliphatic rings. The van der Waals surface area contributed by atoms with Crippen molar-refractivity contribution in [1.29, 1.82) is 0 Å². The van der Waals surface area contributed by atoms with Crippen LogP contribution in [0.2, 0.25) is 0 Å². The Hall–Kier alpha value is -2.60. The summed E-state index contributed by atoms with van der Waals surface area (Å²) in [5.74, 6) is -1.10. The molecule has 4 rings (SSSR count). The summed E-state index contributed by atoms with van der Waals surface area (Å²) in [6.45, 7) is 10.8. The predicted octanol–water partition coefficient (Wildman–Crippen LogP) is 5.37. The molecule has 2 aromatic rings. The fraction of sp³-hybridized carbons (Fsp3) is 0.500. The van der Waals surface area contributed by atoms with Crippen LogP contribution in [0.25, 0.3) is 11.1 Å². The number of carboxylic acid groups (broad SMARTS) is 1. The monoisotopic (exact) mass is 441 g/mol. The first-order valence-electron chi connectivity index (χ1n) is 11.2. The Labute approximate surface area is 189 Å². The molecule has 172 valence electrons. The predicted molar refractivity (Wildman–Crippen MR) is 123 cm³/mol. The summed E-state index contributed by atoms with van der Waals surface area (Å²) >= 11 is 0. The SMILES string of the molecule is Cc1cc2c(c(-c3cc(F)c4c(c3C)CCCO4)c1[C@H](OC(C)(C)C)C(=O)O)CCN2C. The third-order valence-electron chi connectivity index (χ3n) is 6.43. The standard InChI is InChI=1S/C26H32FNO4/c1-14-12-20-17(9-10-28(20)6)22(21(14)24(25(29)30)32-26(3,4)5)18-13-19(27)23-16(15(18)2)8-7-11-31-23/h12-13,24H,7-11H2,1-6H3,(H,29,30)/t24-/m0/s1. The van der Waals surface area contributed by atoms with Crippen LogP contribution in [0.3, 0.4) is 0 Å². The molecule has 0 unspecified atom stereocenters. The van der Waals surface area contributed by atoms with Crippen LogP contribution in [-0.4, -0.2) is 36.9 Å². The van der Waals surface area contributed by atoms with Crippen molar-refractivity contribution >= 4 is 11.7 Å². The van der Waals surface area contributed by atoms with E-state index in [9.17, 15) is 9.90 Å². The van der Waals surface area contributed by atoms with E-state index in [-0.39, 0.29) is 0 Å². The van der Waals surface area contributed by atoms with Crippen LogP contribution in [0.1, 0.15) is 61.1 Å². The first-order chi connectivity index (χ1) is 15.0. The number of carbonyl (C=O) groups is 1. The topological polar surface area (TPSA) is 59.0 Å². The summed E-state index contributed by atoms with van der Waals surface area (Å²) in [7, 11) is 2.03. The van der Waals surface area contributed by atoms with Crippen molar-refractivity contribution in [3.05, 3.63) is 45.8 Å². The van der Waals surface area contributed by atoms with Crippen molar-refractivity contribution in [3.63, 3.8) is 0 Å². The van der Waals surface area contributed by atoms with Gasteiger partial charge in [-0.15, -0.1) is 0 Å². The Morgan fingerprint density at radius 1 is 1.22 bits per heavy atom. The van der Waals surface area contributed by atoms with E-state index in [0.29, 0.717) is 17.9 Å². The molecule has 0 aliphatic carbocycles. The third kappa shape index (κ3) is 3.85. The van der Waals surface area contributed by atoms with Crippen LogP contribution < -0.4 is 9.64 Å². The molecule has 5 nitrogen and oxygen atoms in total. The van der Waals surface area contributed by atoms with Crippen LogP contribution in [0, 0.1) is 19.7 Å². The van der Waals surface area contributed by atoms with Gasteiger partial charge in [-0.25, -0.2) is 9.18 Å². The molecule has 0 saturated carbocycles. The van der Waals surface area contributed by atoms with Crippen molar-refractivity contribution in [3.8, 4) is 16.9 Å². The van der Waals surface area contributed by atoms with Gasteiger partial charge in [0.1, 0.15) is 0 Å². The summed E-state index contributed by atoms with van der Waals surface area (Å²) in [5, 5.41) is 10.2.